The van der Waals surface area contributed by atoms with Crippen LogP contribution in [0.4, 0.5) is 0 Å². The number of hydrogen-bond acceptors (Lipinski definition) is 5. The van der Waals surface area contributed by atoms with Gasteiger partial charge in [0.15, 0.2) is 0 Å². The summed E-state index contributed by atoms with van der Waals surface area (Å²) >= 11 is 0. The Bertz CT molecular complexity index is 541. The van der Waals surface area contributed by atoms with Crippen molar-refractivity contribution in [3.63, 3.8) is 0 Å². The minimum Gasteiger partial charge on any atom is -0.461 e. The summed E-state index contributed by atoms with van der Waals surface area (Å²) in [6, 6.07) is 2.08. The van der Waals surface area contributed by atoms with Crippen LogP contribution in [0.5, 0.6) is 0 Å². The molecule has 0 bridgehead atoms. The predicted molar refractivity (Wildman–Crippen MR) is 101 cm³/mol. The molecular formula is C17H28Cl2N4O2. The Hall–Kier alpha value is -0.820. The zero-order chi connectivity index (χ0) is 15.7. The van der Waals surface area contributed by atoms with E-state index in [1.807, 2.05) is 6.20 Å². The first kappa shape index (κ1) is 20.5. The van der Waals surface area contributed by atoms with E-state index in [1.54, 1.807) is 0 Å². The number of H-pyrrole nitrogens is 1. The van der Waals surface area contributed by atoms with E-state index in [0.717, 1.165) is 64.8 Å². The van der Waals surface area contributed by atoms with Gasteiger partial charge in [0.25, 0.3) is 0 Å². The molecule has 8 heteroatoms. The van der Waals surface area contributed by atoms with Crippen LogP contribution in [0, 0.1) is 5.41 Å². The molecular weight excluding hydrogens is 363 g/mol. The van der Waals surface area contributed by atoms with E-state index in [4.69, 9.17) is 4.74 Å². The van der Waals surface area contributed by atoms with Crippen LogP contribution < -0.4 is 5.32 Å². The molecule has 3 fully saturated rings. The second-order valence-electron chi connectivity index (χ2n) is 7.35. The minimum absolute atomic E-state index is 0. The van der Waals surface area contributed by atoms with Crippen molar-refractivity contribution in [2.24, 2.45) is 5.41 Å². The van der Waals surface area contributed by atoms with Crippen molar-refractivity contribution in [2.75, 3.05) is 32.7 Å². The largest absolute Gasteiger partial charge is 0.461 e. The summed E-state index contributed by atoms with van der Waals surface area (Å²) in [6.45, 7) is 4.93. The average Bonchev–Trinajstić information content (AvgIpc) is 3.19. The van der Waals surface area contributed by atoms with Gasteiger partial charge in [0.05, 0.1) is 5.41 Å². The van der Waals surface area contributed by atoms with Crippen LogP contribution in [0.3, 0.4) is 0 Å². The number of aromatic amines is 1. The molecule has 25 heavy (non-hydrogen) atoms. The predicted octanol–water partition coefficient (Wildman–Crippen LogP) is 2.12. The lowest BCUT2D eigenvalue weighted by molar-refractivity contribution is -0.150. The number of hydrogen-bond donors (Lipinski definition) is 2. The summed E-state index contributed by atoms with van der Waals surface area (Å²) in [7, 11) is 0. The van der Waals surface area contributed by atoms with E-state index in [-0.39, 0.29) is 42.3 Å². The number of likely N-dealkylation sites (tertiary alicyclic amines) is 1. The van der Waals surface area contributed by atoms with Crippen LogP contribution >= 0.6 is 24.8 Å². The molecule has 0 aliphatic carbocycles. The van der Waals surface area contributed by atoms with E-state index in [2.05, 4.69) is 26.5 Å². The number of rotatable bonds is 3. The van der Waals surface area contributed by atoms with Gasteiger partial charge in [-0.2, -0.15) is 5.10 Å². The normalized spacial score (nSPS) is 26.7. The molecule has 0 radical (unpaired) electrons. The highest BCUT2D eigenvalue weighted by atomic mass is 35.5. The number of halogens is 2. The van der Waals surface area contributed by atoms with E-state index in [0.29, 0.717) is 5.92 Å². The van der Waals surface area contributed by atoms with E-state index in [9.17, 15) is 4.79 Å². The maximum atomic E-state index is 12.3. The molecule has 142 valence electrons. The summed E-state index contributed by atoms with van der Waals surface area (Å²) in [5.74, 6) is 0.645. The highest BCUT2D eigenvalue weighted by molar-refractivity contribution is 5.85. The molecule has 4 heterocycles. The van der Waals surface area contributed by atoms with Gasteiger partial charge in [-0.05, 0) is 57.9 Å². The van der Waals surface area contributed by atoms with Crippen molar-refractivity contribution in [1.82, 2.24) is 20.4 Å². The number of carbonyl (C=O) groups is 1. The average molecular weight is 391 g/mol. The topological polar surface area (TPSA) is 70.2 Å². The molecule has 3 saturated heterocycles. The van der Waals surface area contributed by atoms with E-state index >= 15 is 0 Å². The Labute approximate surface area is 161 Å². The quantitative estimate of drug-likeness (QED) is 0.773. The van der Waals surface area contributed by atoms with Gasteiger partial charge in [-0.3, -0.25) is 14.8 Å². The number of cyclic esters (lactones) is 1. The minimum atomic E-state index is -0.190. The lowest BCUT2D eigenvalue weighted by Crippen LogP contribution is -2.40. The number of carbonyl (C=O) groups excluding carboxylic acids is 1. The summed E-state index contributed by atoms with van der Waals surface area (Å²) in [5.41, 5.74) is 1.06. The van der Waals surface area contributed by atoms with E-state index in [1.165, 1.54) is 5.69 Å². The monoisotopic (exact) mass is 390 g/mol. The van der Waals surface area contributed by atoms with Crippen LogP contribution in [0.15, 0.2) is 12.3 Å². The van der Waals surface area contributed by atoms with Gasteiger partial charge in [-0.1, -0.05) is 0 Å². The lowest BCUT2D eigenvalue weighted by atomic mass is 9.76. The maximum absolute atomic E-state index is 12.3. The molecule has 1 atom stereocenters. The molecule has 3 aliphatic heterocycles. The van der Waals surface area contributed by atoms with Gasteiger partial charge in [-0.15, -0.1) is 24.8 Å². The first-order valence-corrected chi connectivity index (χ1v) is 8.89. The van der Waals surface area contributed by atoms with Crippen LogP contribution in [-0.2, 0) is 9.53 Å². The molecule has 6 nitrogen and oxygen atoms in total. The lowest BCUT2D eigenvalue weighted by Gasteiger charge is -2.33. The van der Waals surface area contributed by atoms with Crippen molar-refractivity contribution >= 4 is 30.8 Å². The third kappa shape index (κ3) is 4.30. The van der Waals surface area contributed by atoms with Crippen molar-refractivity contribution in [3.05, 3.63) is 18.0 Å². The first-order chi connectivity index (χ1) is 11.3. The molecule has 0 saturated carbocycles. The fourth-order valence-corrected chi connectivity index (χ4v) is 4.46. The van der Waals surface area contributed by atoms with Crippen molar-refractivity contribution in [1.29, 1.82) is 0 Å². The van der Waals surface area contributed by atoms with Gasteiger partial charge >= 0.3 is 5.97 Å². The highest BCUT2D eigenvalue weighted by Gasteiger charge is 2.49. The van der Waals surface area contributed by atoms with Crippen LogP contribution in [0.1, 0.15) is 43.7 Å². The third-order valence-electron chi connectivity index (χ3n) is 5.90. The number of piperidine rings is 2. The second-order valence-corrected chi connectivity index (χ2v) is 7.35. The fourth-order valence-electron chi connectivity index (χ4n) is 4.46. The molecule has 1 aromatic heterocycles. The molecule has 0 aromatic carbocycles. The van der Waals surface area contributed by atoms with Gasteiger partial charge in [0.2, 0.25) is 0 Å². The Kier molecular flexibility index (Phi) is 7.14. The number of ether oxygens (including phenoxy) is 1. The summed E-state index contributed by atoms with van der Waals surface area (Å²) in [6.07, 6.45) is 7.00. The second kappa shape index (κ2) is 8.71. The number of nitrogens with zero attached hydrogens (tertiary/aromatic N) is 2. The molecule has 1 spiro atoms. The SMILES string of the molecule is Cl.Cl.O=C1OC(CN2CCC(c3ccn[nH]3)CC2)CC12CCNCC2. The van der Waals surface area contributed by atoms with Crippen LogP contribution in [0.2, 0.25) is 0 Å². The third-order valence-corrected chi connectivity index (χ3v) is 5.90. The zero-order valence-electron chi connectivity index (χ0n) is 14.4. The Morgan fingerprint density at radius 2 is 1.96 bits per heavy atom. The first-order valence-electron chi connectivity index (χ1n) is 8.89. The summed E-state index contributed by atoms with van der Waals surface area (Å²) < 4.78 is 5.73. The molecule has 0 amide bonds. The number of aromatic nitrogens is 2. The number of esters is 1. The van der Waals surface area contributed by atoms with Crippen molar-refractivity contribution in [3.8, 4) is 0 Å². The van der Waals surface area contributed by atoms with Crippen LogP contribution in [-0.4, -0.2) is 59.9 Å². The van der Waals surface area contributed by atoms with Gasteiger partial charge in [0.1, 0.15) is 6.10 Å². The van der Waals surface area contributed by atoms with Gasteiger partial charge in [-0.25, -0.2) is 0 Å². The Morgan fingerprint density at radius 1 is 1.24 bits per heavy atom. The molecule has 2 N–H and O–H groups in total. The smallest absolute Gasteiger partial charge is 0.312 e. The van der Waals surface area contributed by atoms with E-state index < -0.39 is 0 Å². The molecule has 4 rings (SSSR count). The highest BCUT2D eigenvalue weighted by Crippen LogP contribution is 2.42. The molecule has 1 unspecified atom stereocenters. The zero-order valence-corrected chi connectivity index (χ0v) is 16.0. The standard InChI is InChI=1S/C17H26N4O2.2ClH/c22-16-17(4-7-18-8-5-17)11-14(23-16)12-21-9-2-13(3-10-21)15-1-6-19-20-15;;/h1,6,13-14,18H,2-5,7-12H2,(H,19,20);2*1H. The number of nitrogens with one attached hydrogen (secondary N) is 2. The van der Waals surface area contributed by atoms with Crippen molar-refractivity contribution < 1.29 is 9.53 Å². The van der Waals surface area contributed by atoms with Crippen LogP contribution in [0.25, 0.3) is 0 Å². The van der Waals surface area contributed by atoms with Crippen molar-refractivity contribution in [2.45, 2.75) is 44.1 Å². The van der Waals surface area contributed by atoms with Gasteiger partial charge in [0, 0.05) is 30.8 Å². The maximum Gasteiger partial charge on any atom is 0.312 e. The molecule has 1 aromatic rings. The fraction of sp³-hybridized carbons (Fsp3) is 0.765. The summed E-state index contributed by atoms with van der Waals surface area (Å²) in [5, 5.41) is 10.5. The Morgan fingerprint density at radius 3 is 2.60 bits per heavy atom. The van der Waals surface area contributed by atoms with Gasteiger partial charge < -0.3 is 10.1 Å². The molecule has 3 aliphatic rings. The Balaban J connectivity index is 0.00000113. The summed E-state index contributed by atoms with van der Waals surface area (Å²) in [4.78, 5) is 14.8.